The highest BCUT2D eigenvalue weighted by Crippen LogP contribution is 1.80. The number of rotatable bonds is 2. The molecule has 0 aromatic heterocycles. The monoisotopic (exact) mass is 181 g/mol. The fourth-order valence-corrected chi connectivity index (χ4v) is 0.370. The molecule has 0 saturated carbocycles. The predicted octanol–water partition coefficient (Wildman–Crippen LogP) is 0.116. The molecule has 5 heteroatoms. The van der Waals surface area contributed by atoms with E-state index in [1.165, 1.54) is 0 Å². The van der Waals surface area contributed by atoms with E-state index in [9.17, 15) is 9.59 Å². The molecule has 1 N–H and O–H groups in total. The second-order valence-electron chi connectivity index (χ2n) is 1.69. The number of hydrogen-bond acceptors (Lipinski definition) is 4. The molecule has 0 rings (SSSR count). The molecule has 0 aliphatic rings. The van der Waals surface area contributed by atoms with Crippen LogP contribution < -0.4 is 5.32 Å². The number of alkyl carbamates (subject to hydrolysis) is 2. The van der Waals surface area contributed by atoms with E-state index in [1.54, 1.807) is 5.32 Å². The number of imide groups is 1. The van der Waals surface area contributed by atoms with E-state index < -0.39 is 12.2 Å². The molecule has 0 spiro atoms. The van der Waals surface area contributed by atoms with Crippen LogP contribution in [0.5, 0.6) is 0 Å². The number of nitrogens with one attached hydrogen (secondary N) is 1. The number of hydrogen-bond donors (Lipinski definition) is 1. The van der Waals surface area contributed by atoms with Crippen LogP contribution in [0, 0.1) is 24.7 Å². The summed E-state index contributed by atoms with van der Waals surface area (Å²) in [6.07, 6.45) is 7.64. The first-order valence-electron chi connectivity index (χ1n) is 3.18. The summed E-state index contributed by atoms with van der Waals surface area (Å²) in [6, 6.07) is 0. The molecule has 0 aromatic rings. The van der Waals surface area contributed by atoms with Gasteiger partial charge >= 0.3 is 12.2 Å². The van der Waals surface area contributed by atoms with Gasteiger partial charge in [-0.3, -0.25) is 0 Å². The maximum atomic E-state index is 10.6. The van der Waals surface area contributed by atoms with Gasteiger partial charge in [0.15, 0.2) is 13.2 Å². The van der Waals surface area contributed by atoms with Gasteiger partial charge in [0.2, 0.25) is 0 Å². The molecule has 0 radical (unpaired) electrons. The molecule has 0 heterocycles. The summed E-state index contributed by atoms with van der Waals surface area (Å²) < 4.78 is 8.61. The van der Waals surface area contributed by atoms with E-state index in [0.29, 0.717) is 0 Å². The van der Waals surface area contributed by atoms with Gasteiger partial charge in [0.25, 0.3) is 0 Å². The standard InChI is InChI=1S/C8H7NO4/c1-3-5-12-7(10)9-8(11)13-6-4-2/h1-2H,5-6H2,(H,9,10,11). The third-order valence-electron chi connectivity index (χ3n) is 0.777. The van der Waals surface area contributed by atoms with Crippen LogP contribution in [0.4, 0.5) is 9.59 Å². The van der Waals surface area contributed by atoms with Crippen LogP contribution in [0.25, 0.3) is 0 Å². The minimum Gasteiger partial charge on any atom is -0.436 e. The van der Waals surface area contributed by atoms with Crippen LogP contribution in [0.2, 0.25) is 0 Å². The van der Waals surface area contributed by atoms with Gasteiger partial charge < -0.3 is 9.47 Å². The second kappa shape index (κ2) is 6.56. The topological polar surface area (TPSA) is 64.6 Å². The molecule has 0 unspecified atom stereocenters. The molecule has 0 atom stereocenters. The van der Waals surface area contributed by atoms with Gasteiger partial charge in [-0.1, -0.05) is 11.8 Å². The molecule has 68 valence electrons. The first kappa shape index (κ1) is 10.9. The quantitative estimate of drug-likeness (QED) is 0.614. The third kappa shape index (κ3) is 6.27. The fourth-order valence-electron chi connectivity index (χ4n) is 0.370. The smallest absolute Gasteiger partial charge is 0.417 e. The summed E-state index contributed by atoms with van der Waals surface area (Å²) >= 11 is 0. The van der Waals surface area contributed by atoms with Crippen molar-refractivity contribution in [2.24, 2.45) is 0 Å². The minimum absolute atomic E-state index is 0.214. The first-order chi connectivity index (χ1) is 6.20. The van der Waals surface area contributed by atoms with Gasteiger partial charge in [-0.2, -0.15) is 0 Å². The van der Waals surface area contributed by atoms with E-state index in [4.69, 9.17) is 12.8 Å². The van der Waals surface area contributed by atoms with Gasteiger partial charge in [0.05, 0.1) is 0 Å². The third-order valence-corrected chi connectivity index (χ3v) is 0.777. The predicted molar refractivity (Wildman–Crippen MR) is 43.5 cm³/mol. The largest absolute Gasteiger partial charge is 0.436 e. The van der Waals surface area contributed by atoms with E-state index >= 15 is 0 Å². The molecular weight excluding hydrogens is 174 g/mol. The Balaban J connectivity index is 3.62. The van der Waals surface area contributed by atoms with Crippen LogP contribution in [0.15, 0.2) is 0 Å². The minimum atomic E-state index is -0.972. The highest BCUT2D eigenvalue weighted by molar-refractivity contribution is 5.87. The molecule has 0 aromatic carbocycles. The lowest BCUT2D eigenvalue weighted by Crippen LogP contribution is -2.31. The van der Waals surface area contributed by atoms with Gasteiger partial charge in [0.1, 0.15) is 0 Å². The number of carbonyl (C=O) groups is 2. The van der Waals surface area contributed by atoms with Crippen LogP contribution >= 0.6 is 0 Å². The Morgan fingerprint density at radius 2 is 1.46 bits per heavy atom. The lowest BCUT2D eigenvalue weighted by atomic mass is 10.7. The van der Waals surface area contributed by atoms with Gasteiger partial charge in [-0.15, -0.1) is 12.8 Å². The molecule has 0 bridgehead atoms. The molecule has 5 nitrogen and oxygen atoms in total. The maximum Gasteiger partial charge on any atom is 0.417 e. The van der Waals surface area contributed by atoms with Crippen LogP contribution in [0.1, 0.15) is 0 Å². The second-order valence-corrected chi connectivity index (χ2v) is 1.69. The average Bonchev–Trinajstić information content (AvgIpc) is 2.11. The van der Waals surface area contributed by atoms with Crippen molar-refractivity contribution in [2.45, 2.75) is 0 Å². The molecule has 2 amide bonds. The van der Waals surface area contributed by atoms with E-state index in [0.717, 1.165) is 0 Å². The van der Waals surface area contributed by atoms with Crippen molar-refractivity contribution in [2.75, 3.05) is 13.2 Å². The number of carbonyl (C=O) groups excluding carboxylic acids is 2. The first-order valence-corrected chi connectivity index (χ1v) is 3.18. The lowest BCUT2D eigenvalue weighted by Gasteiger charge is -2.02. The molecular formula is C8H7NO4. The number of terminal acetylenes is 2. The number of amides is 2. The van der Waals surface area contributed by atoms with Crippen molar-refractivity contribution in [3.05, 3.63) is 0 Å². The normalized spacial score (nSPS) is 7.54. The van der Waals surface area contributed by atoms with Crippen molar-refractivity contribution in [1.82, 2.24) is 5.32 Å². The van der Waals surface area contributed by atoms with Crippen molar-refractivity contribution in [3.8, 4) is 24.7 Å². The Kier molecular flexibility index (Phi) is 5.48. The highest BCUT2D eigenvalue weighted by Gasteiger charge is 2.07. The summed E-state index contributed by atoms with van der Waals surface area (Å²) in [5, 5.41) is 1.74. The molecule has 0 aliphatic heterocycles. The van der Waals surface area contributed by atoms with Gasteiger partial charge in [-0.05, 0) is 0 Å². The Bertz CT molecular complexity index is 243. The van der Waals surface area contributed by atoms with E-state index in [2.05, 4.69) is 9.47 Å². The average molecular weight is 181 g/mol. The van der Waals surface area contributed by atoms with E-state index in [-0.39, 0.29) is 13.2 Å². The van der Waals surface area contributed by atoms with Gasteiger partial charge in [0, 0.05) is 0 Å². The summed E-state index contributed by atoms with van der Waals surface area (Å²) in [4.78, 5) is 21.2. The van der Waals surface area contributed by atoms with Crippen LogP contribution in [-0.2, 0) is 9.47 Å². The molecule has 13 heavy (non-hydrogen) atoms. The van der Waals surface area contributed by atoms with Crippen molar-refractivity contribution < 1.29 is 19.1 Å². The summed E-state index contributed by atoms with van der Waals surface area (Å²) in [5.74, 6) is 4.10. The number of ether oxygens (including phenoxy) is 2. The van der Waals surface area contributed by atoms with Crippen molar-refractivity contribution in [3.63, 3.8) is 0 Å². The summed E-state index contributed by atoms with van der Waals surface area (Å²) in [6.45, 7) is -0.428. The van der Waals surface area contributed by atoms with Crippen molar-refractivity contribution in [1.29, 1.82) is 0 Å². The highest BCUT2D eigenvalue weighted by atomic mass is 16.6. The summed E-state index contributed by atoms with van der Waals surface area (Å²) in [5.41, 5.74) is 0. The maximum absolute atomic E-state index is 10.6. The summed E-state index contributed by atoms with van der Waals surface area (Å²) in [7, 11) is 0. The Morgan fingerprint density at radius 3 is 1.77 bits per heavy atom. The Hall–Kier alpha value is -2.14. The van der Waals surface area contributed by atoms with Crippen LogP contribution in [0.3, 0.4) is 0 Å². The zero-order chi connectivity index (χ0) is 10.1. The zero-order valence-corrected chi connectivity index (χ0v) is 6.70. The van der Waals surface area contributed by atoms with Crippen molar-refractivity contribution >= 4 is 12.2 Å². The van der Waals surface area contributed by atoms with E-state index in [1.807, 2.05) is 11.8 Å². The Labute approximate surface area is 75.4 Å². The van der Waals surface area contributed by atoms with Gasteiger partial charge in [-0.25, -0.2) is 14.9 Å². The SMILES string of the molecule is C#CCOC(=O)NC(=O)OCC#C. The Morgan fingerprint density at radius 1 is 1.08 bits per heavy atom. The molecule has 0 fully saturated rings. The van der Waals surface area contributed by atoms with Crippen LogP contribution in [-0.4, -0.2) is 25.4 Å². The fraction of sp³-hybridized carbons (Fsp3) is 0.250. The molecule has 0 saturated heterocycles. The molecule has 0 aliphatic carbocycles. The zero-order valence-electron chi connectivity index (χ0n) is 6.70. The lowest BCUT2D eigenvalue weighted by molar-refractivity contribution is 0.138.